The van der Waals surface area contributed by atoms with Crippen molar-refractivity contribution >= 4 is 17.6 Å². The van der Waals surface area contributed by atoms with E-state index in [1.807, 2.05) is 18.5 Å². The predicted octanol–water partition coefficient (Wildman–Crippen LogP) is 5.51. The highest BCUT2D eigenvalue weighted by Gasteiger charge is 2.39. The van der Waals surface area contributed by atoms with Gasteiger partial charge in [0.15, 0.2) is 0 Å². The molecule has 0 amide bonds. The maximum Gasteiger partial charge on any atom is 0.490 e. The van der Waals surface area contributed by atoms with Crippen molar-refractivity contribution in [1.29, 1.82) is 0 Å². The van der Waals surface area contributed by atoms with Gasteiger partial charge in [0, 0.05) is 38.4 Å². The van der Waals surface area contributed by atoms with Crippen molar-refractivity contribution in [1.82, 2.24) is 9.88 Å². The Bertz CT molecular complexity index is 1030. The maximum absolute atomic E-state index is 10.6. The smallest absolute Gasteiger partial charge is 0.475 e. The van der Waals surface area contributed by atoms with Gasteiger partial charge in [-0.05, 0) is 56.2 Å². The van der Waals surface area contributed by atoms with E-state index in [9.17, 15) is 26.3 Å². The second-order valence-electron chi connectivity index (χ2n) is 9.26. The molecule has 1 aliphatic heterocycles. The van der Waals surface area contributed by atoms with Crippen molar-refractivity contribution in [3.8, 4) is 0 Å². The summed E-state index contributed by atoms with van der Waals surface area (Å²) in [5.74, 6) is -4.74. The number of rotatable bonds is 3. The van der Waals surface area contributed by atoms with Crippen LogP contribution in [0.1, 0.15) is 42.7 Å². The Labute approximate surface area is 222 Å². The van der Waals surface area contributed by atoms with Crippen molar-refractivity contribution in [2.24, 2.45) is 0 Å². The quantitative estimate of drug-likeness (QED) is 0.476. The highest BCUT2D eigenvalue weighted by Crippen LogP contribution is 2.35. The summed E-state index contributed by atoms with van der Waals surface area (Å²) in [5.41, 5.74) is 4.22. The third-order valence-electron chi connectivity index (χ3n) is 6.54. The molecular formula is C26H31F6N3O4. The zero-order chi connectivity index (χ0) is 29.2. The Morgan fingerprint density at radius 2 is 1.38 bits per heavy atom. The number of halogens is 6. The molecule has 2 heterocycles. The summed E-state index contributed by atoms with van der Waals surface area (Å²) < 4.78 is 63.5. The van der Waals surface area contributed by atoms with Crippen LogP contribution in [0.5, 0.6) is 0 Å². The Hall–Kier alpha value is -3.35. The minimum Gasteiger partial charge on any atom is -0.475 e. The summed E-state index contributed by atoms with van der Waals surface area (Å²) in [4.78, 5) is 27.3. The van der Waals surface area contributed by atoms with Gasteiger partial charge in [0.25, 0.3) is 0 Å². The van der Waals surface area contributed by atoms with Gasteiger partial charge in [-0.2, -0.15) is 26.3 Å². The molecule has 2 aromatic rings. The highest BCUT2D eigenvalue weighted by molar-refractivity contribution is 5.73. The van der Waals surface area contributed by atoms with Crippen molar-refractivity contribution in [2.45, 2.75) is 56.9 Å². The maximum atomic E-state index is 10.6. The normalized spacial score (nSPS) is 20.1. The number of aryl methyl sites for hydroxylation is 1. The number of pyridine rings is 1. The fourth-order valence-corrected chi connectivity index (χ4v) is 4.58. The fourth-order valence-electron chi connectivity index (χ4n) is 4.58. The molecule has 1 saturated carbocycles. The van der Waals surface area contributed by atoms with Crippen LogP contribution in [0, 0.1) is 6.92 Å². The van der Waals surface area contributed by atoms with Crippen LogP contribution in [0.25, 0.3) is 0 Å². The number of carboxylic acids is 2. The second-order valence-corrected chi connectivity index (χ2v) is 9.26. The zero-order valence-corrected chi connectivity index (χ0v) is 21.3. The van der Waals surface area contributed by atoms with Crippen LogP contribution in [0.4, 0.5) is 32.0 Å². The Morgan fingerprint density at radius 3 is 1.82 bits per heavy atom. The lowest BCUT2D eigenvalue weighted by molar-refractivity contribution is -0.193. The number of anilines is 1. The number of alkyl halides is 6. The average Bonchev–Trinajstić information content (AvgIpc) is 2.89. The summed E-state index contributed by atoms with van der Waals surface area (Å²) in [5, 5.41) is 14.2. The van der Waals surface area contributed by atoms with E-state index < -0.39 is 24.3 Å². The van der Waals surface area contributed by atoms with E-state index in [0.717, 1.165) is 25.0 Å². The summed E-state index contributed by atoms with van der Waals surface area (Å²) in [7, 11) is 0. The summed E-state index contributed by atoms with van der Waals surface area (Å²) in [6, 6.07) is 14.1. The van der Waals surface area contributed by atoms with Crippen LogP contribution >= 0.6 is 0 Å². The molecule has 0 atom stereocenters. The lowest BCUT2D eigenvalue weighted by Crippen LogP contribution is -2.51. The molecule has 2 N–H and O–H groups in total. The number of carboxylic acid groups (broad SMARTS) is 2. The molecule has 1 aromatic heterocycles. The minimum absolute atomic E-state index is 0.771. The van der Waals surface area contributed by atoms with E-state index in [1.165, 1.54) is 50.0 Å². The van der Waals surface area contributed by atoms with Crippen LogP contribution in [0.3, 0.4) is 0 Å². The van der Waals surface area contributed by atoms with Crippen LogP contribution < -0.4 is 4.90 Å². The van der Waals surface area contributed by atoms with Crippen LogP contribution in [-0.4, -0.2) is 76.6 Å². The molecule has 0 radical (unpaired) electrons. The van der Waals surface area contributed by atoms with Gasteiger partial charge in [0.05, 0.1) is 11.9 Å². The van der Waals surface area contributed by atoms with E-state index in [0.29, 0.717) is 0 Å². The SMILES string of the molecule is Cc1cccc(C2CCC(N3CCN(c4cccnc4)CC3)CC2)c1.O=C(O)C(F)(F)F.O=C(O)C(F)(F)F. The standard InChI is InChI=1S/C22H29N3.2C2HF3O2/c1-18-4-2-5-20(16-18)19-7-9-21(10-8-19)24-12-14-25(15-13-24)22-6-3-11-23-17-22;2*3-2(4,5)1(6)7/h2-6,11,16-17,19,21H,7-10,12-15H2,1H3;2*(H,6,7). The Kier molecular flexibility index (Phi) is 11.6. The third kappa shape index (κ3) is 10.7. The number of hydrogen-bond donors (Lipinski definition) is 2. The molecule has 0 bridgehead atoms. The van der Waals surface area contributed by atoms with Crippen LogP contribution in [0.15, 0.2) is 48.8 Å². The fraction of sp³-hybridized carbons (Fsp3) is 0.500. The topological polar surface area (TPSA) is 94.0 Å². The molecule has 39 heavy (non-hydrogen) atoms. The zero-order valence-electron chi connectivity index (χ0n) is 21.3. The molecule has 2 aliphatic rings. The lowest BCUT2D eigenvalue weighted by atomic mass is 9.81. The summed E-state index contributed by atoms with van der Waals surface area (Å²) in [6.45, 7) is 6.84. The van der Waals surface area contributed by atoms with E-state index in [1.54, 1.807) is 5.56 Å². The first-order chi connectivity index (χ1) is 18.2. The first-order valence-electron chi connectivity index (χ1n) is 12.2. The van der Waals surface area contributed by atoms with Crippen molar-refractivity contribution in [3.05, 3.63) is 59.9 Å². The lowest BCUT2D eigenvalue weighted by Gasteiger charge is -2.42. The molecule has 13 heteroatoms. The van der Waals surface area contributed by atoms with Gasteiger partial charge in [-0.1, -0.05) is 29.8 Å². The van der Waals surface area contributed by atoms with Gasteiger partial charge in [-0.3, -0.25) is 9.88 Å². The molecule has 216 valence electrons. The highest BCUT2D eigenvalue weighted by atomic mass is 19.4. The largest absolute Gasteiger partial charge is 0.490 e. The molecule has 7 nitrogen and oxygen atoms in total. The number of piperazine rings is 1. The monoisotopic (exact) mass is 563 g/mol. The van der Waals surface area contributed by atoms with Gasteiger partial charge in [0.1, 0.15) is 0 Å². The first-order valence-corrected chi connectivity index (χ1v) is 12.2. The molecule has 0 spiro atoms. The summed E-state index contributed by atoms with van der Waals surface area (Å²) >= 11 is 0. The molecule has 0 unspecified atom stereocenters. The van der Waals surface area contributed by atoms with E-state index in [-0.39, 0.29) is 0 Å². The van der Waals surface area contributed by atoms with Gasteiger partial charge < -0.3 is 15.1 Å². The number of benzene rings is 1. The van der Waals surface area contributed by atoms with Crippen molar-refractivity contribution in [2.75, 3.05) is 31.1 Å². The molecule has 1 saturated heterocycles. The van der Waals surface area contributed by atoms with E-state index in [4.69, 9.17) is 19.8 Å². The second kappa shape index (κ2) is 14.2. The number of aliphatic carboxylic acids is 2. The number of aromatic nitrogens is 1. The predicted molar refractivity (Wildman–Crippen MR) is 132 cm³/mol. The van der Waals surface area contributed by atoms with Gasteiger partial charge in [0.2, 0.25) is 0 Å². The molecule has 2 fully saturated rings. The van der Waals surface area contributed by atoms with E-state index in [2.05, 4.69) is 52.0 Å². The van der Waals surface area contributed by atoms with E-state index >= 15 is 0 Å². The number of nitrogens with zero attached hydrogens (tertiary/aromatic N) is 3. The molecule has 4 rings (SSSR count). The third-order valence-corrected chi connectivity index (χ3v) is 6.54. The van der Waals surface area contributed by atoms with Crippen LogP contribution in [-0.2, 0) is 9.59 Å². The molecular weight excluding hydrogens is 532 g/mol. The average molecular weight is 564 g/mol. The van der Waals surface area contributed by atoms with Gasteiger partial charge in [-0.25, -0.2) is 9.59 Å². The Morgan fingerprint density at radius 1 is 0.846 bits per heavy atom. The van der Waals surface area contributed by atoms with Crippen LogP contribution in [0.2, 0.25) is 0 Å². The molecule has 1 aliphatic carbocycles. The first kappa shape index (κ1) is 31.9. The number of hydrogen-bond acceptors (Lipinski definition) is 5. The molecule has 1 aromatic carbocycles. The van der Waals surface area contributed by atoms with Gasteiger partial charge in [-0.15, -0.1) is 0 Å². The van der Waals surface area contributed by atoms with Crippen molar-refractivity contribution < 1.29 is 46.1 Å². The summed E-state index contributed by atoms with van der Waals surface area (Å²) in [6.07, 6.45) is -0.931. The Balaban J connectivity index is 0.000000317. The van der Waals surface area contributed by atoms with Gasteiger partial charge >= 0.3 is 24.3 Å². The van der Waals surface area contributed by atoms with Crippen molar-refractivity contribution in [3.63, 3.8) is 0 Å². The number of carbonyl (C=O) groups is 2. The minimum atomic E-state index is -5.08.